The number of aromatic nitrogens is 1. The molecule has 0 spiro atoms. The molecule has 2 aliphatic heterocycles. The molecule has 0 bridgehead atoms. The van der Waals surface area contributed by atoms with Crippen LogP contribution in [0.2, 0.25) is 0 Å². The molecule has 0 atom stereocenters. The predicted octanol–water partition coefficient (Wildman–Crippen LogP) is 12.2. The van der Waals surface area contributed by atoms with Crippen LogP contribution in [0.5, 0.6) is 23.0 Å². The molecular formula is C54H32BNO2. The second-order valence-electron chi connectivity index (χ2n) is 15.5. The van der Waals surface area contributed by atoms with E-state index in [4.69, 9.17) is 9.47 Å². The average Bonchev–Trinajstić information content (AvgIpc) is 3.62. The Labute approximate surface area is 336 Å². The zero-order valence-electron chi connectivity index (χ0n) is 31.3. The molecule has 0 N–H and O–H groups in total. The third kappa shape index (κ3) is 4.40. The second kappa shape index (κ2) is 12.0. The molecule has 58 heavy (non-hydrogen) atoms. The van der Waals surface area contributed by atoms with Crippen molar-refractivity contribution in [3.63, 3.8) is 0 Å². The van der Waals surface area contributed by atoms with E-state index in [0.29, 0.717) is 0 Å². The number of nitrogens with zero attached hydrogens (tertiary/aromatic N) is 1. The molecule has 0 unspecified atom stereocenters. The highest BCUT2D eigenvalue weighted by Gasteiger charge is 2.41. The summed E-state index contributed by atoms with van der Waals surface area (Å²) >= 11 is 0. The number of ether oxygens (including phenoxy) is 2. The Morgan fingerprint density at radius 1 is 0.328 bits per heavy atom. The van der Waals surface area contributed by atoms with Crippen molar-refractivity contribution in [2.45, 2.75) is 0 Å². The summed E-state index contributed by atoms with van der Waals surface area (Å²) in [5, 5.41) is 2.47. The van der Waals surface area contributed by atoms with Gasteiger partial charge in [0.25, 0.3) is 6.71 Å². The minimum absolute atomic E-state index is 0.0780. The van der Waals surface area contributed by atoms with E-state index in [1.807, 2.05) is 0 Å². The van der Waals surface area contributed by atoms with Gasteiger partial charge in [0.1, 0.15) is 23.0 Å². The van der Waals surface area contributed by atoms with Gasteiger partial charge >= 0.3 is 0 Å². The van der Waals surface area contributed by atoms with Crippen LogP contribution in [-0.2, 0) is 0 Å². The lowest BCUT2D eigenvalue weighted by Crippen LogP contribution is -2.57. The molecule has 0 saturated carbocycles. The third-order valence-corrected chi connectivity index (χ3v) is 12.5. The first-order chi connectivity index (χ1) is 28.8. The van der Waals surface area contributed by atoms with E-state index in [2.05, 4.69) is 199 Å². The lowest BCUT2D eigenvalue weighted by atomic mass is 9.34. The molecule has 4 heteroatoms. The fraction of sp³-hybridized carbons (Fsp3) is 0. The van der Waals surface area contributed by atoms with Gasteiger partial charge in [-0.05, 0) is 103 Å². The van der Waals surface area contributed by atoms with Gasteiger partial charge in [-0.3, -0.25) is 0 Å². The largest absolute Gasteiger partial charge is 0.458 e. The highest BCUT2D eigenvalue weighted by Crippen LogP contribution is 2.49. The summed E-state index contributed by atoms with van der Waals surface area (Å²) in [4.78, 5) is 0. The van der Waals surface area contributed by atoms with E-state index in [0.717, 1.165) is 61.8 Å². The summed E-state index contributed by atoms with van der Waals surface area (Å²) in [5.74, 6) is 3.39. The van der Waals surface area contributed by atoms with Crippen LogP contribution in [-0.4, -0.2) is 11.3 Å². The van der Waals surface area contributed by atoms with Crippen LogP contribution in [0.3, 0.4) is 0 Å². The standard InChI is InChI=1S/C54H32BNO2/c1-2-17-36-35(16-1)37-18-3-5-20-39(37)43-31-46-51(32-44(43)40-21-6-4-19-38(36)40)58-53-30-33(29-52-54(53)55(46)45-24-10-14-28-50(45)57-52)34-15-7-11-25-47(34)56-48-26-12-8-22-41(48)42-23-9-13-27-49(42)56/h1-32H. The maximum Gasteiger partial charge on any atom is 0.260 e. The SMILES string of the molecule is c1ccc2c(c1)Oc1cc(-c3ccccc3-n3c4ccccc4c4ccccc43)cc3c1B2c1cc2c(cc1O3)-c1ccccc1-c1ccccc1-c1ccccc1-2. The van der Waals surface area contributed by atoms with E-state index in [1.54, 1.807) is 0 Å². The van der Waals surface area contributed by atoms with Crippen LogP contribution in [0.4, 0.5) is 0 Å². The van der Waals surface area contributed by atoms with Crippen LogP contribution in [0.25, 0.3) is 83.1 Å². The molecule has 0 saturated heterocycles. The van der Waals surface area contributed by atoms with E-state index in [-0.39, 0.29) is 6.71 Å². The lowest BCUT2D eigenvalue weighted by molar-refractivity contribution is 0.465. The molecule has 9 aromatic carbocycles. The van der Waals surface area contributed by atoms with Gasteiger partial charge in [-0.1, -0.05) is 152 Å². The van der Waals surface area contributed by atoms with Gasteiger partial charge in [0.2, 0.25) is 0 Å². The number of rotatable bonds is 2. The Morgan fingerprint density at radius 2 is 0.776 bits per heavy atom. The van der Waals surface area contributed by atoms with Crippen LogP contribution < -0.4 is 25.9 Å². The molecule has 0 amide bonds. The lowest BCUT2D eigenvalue weighted by Gasteiger charge is -2.34. The number of hydrogen-bond acceptors (Lipinski definition) is 2. The number of hydrogen-bond donors (Lipinski definition) is 0. The first kappa shape index (κ1) is 31.6. The molecule has 3 aliphatic rings. The van der Waals surface area contributed by atoms with E-state index in [1.165, 1.54) is 60.8 Å². The van der Waals surface area contributed by atoms with Crippen molar-refractivity contribution in [1.29, 1.82) is 0 Å². The van der Waals surface area contributed by atoms with Crippen molar-refractivity contribution >= 4 is 44.9 Å². The minimum atomic E-state index is -0.0780. The first-order valence-corrected chi connectivity index (χ1v) is 20.0. The highest BCUT2D eigenvalue weighted by atomic mass is 16.5. The first-order valence-electron chi connectivity index (χ1n) is 20.0. The van der Waals surface area contributed by atoms with Crippen LogP contribution >= 0.6 is 0 Å². The topological polar surface area (TPSA) is 23.4 Å². The monoisotopic (exact) mass is 737 g/mol. The van der Waals surface area contributed by atoms with Crippen molar-refractivity contribution in [3.05, 3.63) is 194 Å². The Morgan fingerprint density at radius 3 is 1.38 bits per heavy atom. The Bertz CT molecular complexity index is 3320. The third-order valence-electron chi connectivity index (χ3n) is 12.5. The molecule has 0 radical (unpaired) electrons. The van der Waals surface area contributed by atoms with Gasteiger partial charge in [0.05, 0.1) is 16.7 Å². The number of benzene rings is 9. The molecule has 268 valence electrons. The van der Waals surface area contributed by atoms with E-state index in [9.17, 15) is 0 Å². The summed E-state index contributed by atoms with van der Waals surface area (Å²) in [6.07, 6.45) is 0. The van der Waals surface area contributed by atoms with E-state index < -0.39 is 0 Å². The average molecular weight is 738 g/mol. The maximum absolute atomic E-state index is 7.20. The fourth-order valence-electron chi connectivity index (χ4n) is 10.0. The molecule has 1 aliphatic carbocycles. The molecule has 1 aromatic heterocycles. The quantitative estimate of drug-likeness (QED) is 0.165. The summed E-state index contributed by atoms with van der Waals surface area (Å²) in [7, 11) is 0. The van der Waals surface area contributed by atoms with Crippen LogP contribution in [0.15, 0.2) is 194 Å². The second-order valence-corrected chi connectivity index (χ2v) is 15.5. The molecule has 3 heterocycles. The number of fused-ring (bicyclic) bond motifs is 15. The molecule has 0 fully saturated rings. The predicted molar refractivity (Wildman–Crippen MR) is 239 cm³/mol. The minimum Gasteiger partial charge on any atom is -0.458 e. The van der Waals surface area contributed by atoms with Crippen molar-refractivity contribution in [2.75, 3.05) is 0 Å². The van der Waals surface area contributed by atoms with E-state index >= 15 is 0 Å². The zero-order chi connectivity index (χ0) is 37.9. The molecular weight excluding hydrogens is 705 g/mol. The Hall–Kier alpha value is -7.56. The van der Waals surface area contributed by atoms with Crippen molar-refractivity contribution in [2.24, 2.45) is 0 Å². The van der Waals surface area contributed by atoms with Crippen LogP contribution in [0.1, 0.15) is 0 Å². The van der Waals surface area contributed by atoms with Crippen molar-refractivity contribution < 1.29 is 9.47 Å². The molecule has 10 aromatic rings. The van der Waals surface area contributed by atoms with Gasteiger partial charge in [0.15, 0.2) is 0 Å². The summed E-state index contributed by atoms with van der Waals surface area (Å²) in [6.45, 7) is -0.0780. The zero-order valence-corrected chi connectivity index (χ0v) is 31.3. The van der Waals surface area contributed by atoms with Crippen LogP contribution in [0, 0.1) is 0 Å². The van der Waals surface area contributed by atoms with Gasteiger partial charge < -0.3 is 14.0 Å². The molecule has 13 rings (SSSR count). The normalized spacial score (nSPS) is 12.7. The van der Waals surface area contributed by atoms with Gasteiger partial charge in [-0.25, -0.2) is 0 Å². The summed E-state index contributed by atoms with van der Waals surface area (Å²) in [6, 6.07) is 70.1. The number of para-hydroxylation sites is 4. The van der Waals surface area contributed by atoms with Gasteiger partial charge in [-0.2, -0.15) is 0 Å². The Kier molecular flexibility index (Phi) is 6.53. The summed E-state index contributed by atoms with van der Waals surface area (Å²) < 4.78 is 16.5. The van der Waals surface area contributed by atoms with Crippen molar-refractivity contribution in [3.8, 4) is 84.3 Å². The smallest absolute Gasteiger partial charge is 0.260 e. The van der Waals surface area contributed by atoms with Gasteiger partial charge in [-0.15, -0.1) is 0 Å². The fourth-order valence-corrected chi connectivity index (χ4v) is 10.0. The highest BCUT2D eigenvalue weighted by molar-refractivity contribution is 6.98. The maximum atomic E-state index is 7.20. The molecule has 3 nitrogen and oxygen atoms in total. The summed E-state index contributed by atoms with van der Waals surface area (Å²) in [5.41, 5.74) is 18.6. The van der Waals surface area contributed by atoms with Crippen molar-refractivity contribution in [1.82, 2.24) is 4.57 Å². The van der Waals surface area contributed by atoms with Gasteiger partial charge in [0, 0.05) is 21.8 Å². The Balaban J connectivity index is 1.06.